The predicted molar refractivity (Wildman–Crippen MR) is 110 cm³/mol. The first kappa shape index (κ1) is 19.4. The zero-order valence-electron chi connectivity index (χ0n) is 15.9. The van der Waals surface area contributed by atoms with Crippen LogP contribution in [0.4, 0.5) is 4.79 Å². The lowest BCUT2D eigenvalue weighted by Gasteiger charge is -2.42. The summed E-state index contributed by atoms with van der Waals surface area (Å²) in [5.74, 6) is 0. The van der Waals surface area contributed by atoms with Crippen molar-refractivity contribution in [2.75, 3.05) is 32.7 Å². The Morgan fingerprint density at radius 2 is 1.59 bits per heavy atom. The van der Waals surface area contributed by atoms with Gasteiger partial charge in [0.05, 0.1) is 0 Å². The number of nitrogens with zero attached hydrogens (tertiary/aromatic N) is 1. The third-order valence-corrected chi connectivity index (χ3v) is 5.47. The standard InChI is InChI=1S/C22H30N4O/c23-13-14-24-21(27)25-18-22(20-9-5-2-6-10-20)11-15-26(16-12-22)17-19-7-3-1-4-8-19/h1-10H,11-18,23H2,(H2,24,25,27). The van der Waals surface area contributed by atoms with Gasteiger partial charge in [-0.1, -0.05) is 60.7 Å². The Morgan fingerprint density at radius 3 is 2.22 bits per heavy atom. The van der Waals surface area contributed by atoms with Gasteiger partial charge in [-0.3, -0.25) is 4.90 Å². The summed E-state index contributed by atoms with van der Waals surface area (Å²) in [6.45, 7) is 4.62. The predicted octanol–water partition coefficient (Wildman–Crippen LogP) is 2.48. The third kappa shape index (κ3) is 5.31. The number of benzene rings is 2. The largest absolute Gasteiger partial charge is 0.337 e. The molecule has 0 unspecified atom stereocenters. The fraction of sp³-hybridized carbons (Fsp3) is 0.409. The van der Waals surface area contributed by atoms with E-state index in [1.165, 1.54) is 11.1 Å². The van der Waals surface area contributed by atoms with Gasteiger partial charge in [0, 0.05) is 31.6 Å². The Hall–Kier alpha value is -2.37. The molecule has 5 heteroatoms. The minimum absolute atomic E-state index is 0.0193. The van der Waals surface area contributed by atoms with Gasteiger partial charge in [-0.25, -0.2) is 4.79 Å². The molecule has 0 aromatic heterocycles. The van der Waals surface area contributed by atoms with E-state index in [0.717, 1.165) is 32.5 Å². The second kappa shape index (κ2) is 9.53. The SMILES string of the molecule is NCCNC(=O)NCC1(c2ccccc2)CCN(Cc2ccccc2)CC1. The molecule has 0 atom stereocenters. The summed E-state index contributed by atoms with van der Waals surface area (Å²) in [5, 5.41) is 5.86. The Kier molecular flexibility index (Phi) is 6.85. The van der Waals surface area contributed by atoms with Gasteiger partial charge in [0.2, 0.25) is 0 Å². The molecule has 2 aromatic carbocycles. The molecule has 1 fully saturated rings. The Bertz CT molecular complexity index is 697. The lowest BCUT2D eigenvalue weighted by molar-refractivity contribution is 0.150. The second-order valence-electron chi connectivity index (χ2n) is 7.31. The average molecular weight is 367 g/mol. The van der Waals surface area contributed by atoms with Gasteiger partial charge >= 0.3 is 6.03 Å². The van der Waals surface area contributed by atoms with E-state index in [0.29, 0.717) is 19.6 Å². The van der Waals surface area contributed by atoms with Crippen LogP contribution in [0.25, 0.3) is 0 Å². The van der Waals surface area contributed by atoms with Crippen molar-refractivity contribution in [2.24, 2.45) is 5.73 Å². The smallest absolute Gasteiger partial charge is 0.314 e. The first-order valence-corrected chi connectivity index (χ1v) is 9.75. The molecule has 1 saturated heterocycles. The van der Waals surface area contributed by atoms with Crippen LogP contribution in [0.15, 0.2) is 60.7 Å². The highest BCUT2D eigenvalue weighted by atomic mass is 16.2. The van der Waals surface area contributed by atoms with Crippen LogP contribution in [0, 0.1) is 0 Å². The van der Waals surface area contributed by atoms with Crippen LogP contribution in [-0.2, 0) is 12.0 Å². The second-order valence-corrected chi connectivity index (χ2v) is 7.31. The molecule has 144 valence electrons. The van der Waals surface area contributed by atoms with Crippen molar-refractivity contribution in [3.05, 3.63) is 71.8 Å². The summed E-state index contributed by atoms with van der Waals surface area (Å²) in [7, 11) is 0. The molecule has 4 N–H and O–H groups in total. The van der Waals surface area contributed by atoms with Crippen molar-refractivity contribution in [2.45, 2.75) is 24.8 Å². The molecule has 2 aromatic rings. The van der Waals surface area contributed by atoms with Crippen LogP contribution in [0.3, 0.4) is 0 Å². The highest BCUT2D eigenvalue weighted by Crippen LogP contribution is 2.35. The van der Waals surface area contributed by atoms with E-state index in [1.54, 1.807) is 0 Å². The number of likely N-dealkylation sites (tertiary alicyclic amines) is 1. The number of hydrogen-bond donors (Lipinski definition) is 3. The topological polar surface area (TPSA) is 70.4 Å². The maximum atomic E-state index is 12.0. The van der Waals surface area contributed by atoms with Crippen LogP contribution in [0.1, 0.15) is 24.0 Å². The molecule has 27 heavy (non-hydrogen) atoms. The Labute approximate surface area is 161 Å². The maximum absolute atomic E-state index is 12.0. The summed E-state index contributed by atoms with van der Waals surface area (Å²) >= 11 is 0. The van der Waals surface area contributed by atoms with E-state index in [-0.39, 0.29) is 11.4 Å². The summed E-state index contributed by atoms with van der Waals surface area (Å²) in [6.07, 6.45) is 2.06. The number of piperidine rings is 1. The number of carbonyl (C=O) groups excluding carboxylic acids is 1. The van der Waals surface area contributed by atoms with Crippen molar-refractivity contribution in [3.63, 3.8) is 0 Å². The summed E-state index contributed by atoms with van der Waals surface area (Å²) in [5.41, 5.74) is 8.10. The quantitative estimate of drug-likeness (QED) is 0.705. The van der Waals surface area contributed by atoms with Crippen molar-refractivity contribution >= 4 is 6.03 Å². The molecular formula is C22H30N4O. The number of hydrogen-bond acceptors (Lipinski definition) is 3. The van der Waals surface area contributed by atoms with Gasteiger partial charge in [-0.2, -0.15) is 0 Å². The highest BCUT2D eigenvalue weighted by molar-refractivity contribution is 5.74. The minimum atomic E-state index is -0.137. The van der Waals surface area contributed by atoms with Crippen LogP contribution in [0.5, 0.6) is 0 Å². The molecule has 2 amide bonds. The molecule has 0 bridgehead atoms. The summed E-state index contributed by atoms with van der Waals surface area (Å²) < 4.78 is 0. The summed E-state index contributed by atoms with van der Waals surface area (Å²) in [4.78, 5) is 14.5. The zero-order chi connectivity index (χ0) is 19.0. The van der Waals surface area contributed by atoms with Gasteiger partial charge in [-0.05, 0) is 37.1 Å². The molecule has 1 aliphatic rings. The van der Waals surface area contributed by atoms with Crippen molar-refractivity contribution in [1.82, 2.24) is 15.5 Å². The van der Waals surface area contributed by atoms with E-state index < -0.39 is 0 Å². The van der Waals surface area contributed by atoms with Crippen molar-refractivity contribution in [3.8, 4) is 0 Å². The van der Waals surface area contributed by atoms with Crippen LogP contribution in [0.2, 0.25) is 0 Å². The monoisotopic (exact) mass is 366 g/mol. The normalized spacial score (nSPS) is 16.6. The number of nitrogens with one attached hydrogen (secondary N) is 2. The van der Waals surface area contributed by atoms with Gasteiger partial charge in [0.15, 0.2) is 0 Å². The van der Waals surface area contributed by atoms with Crippen LogP contribution in [-0.4, -0.2) is 43.7 Å². The Balaban J connectivity index is 1.65. The number of amides is 2. The van der Waals surface area contributed by atoms with Gasteiger partial charge in [0.1, 0.15) is 0 Å². The number of carbonyl (C=O) groups is 1. The van der Waals surface area contributed by atoms with Crippen LogP contribution >= 0.6 is 0 Å². The van der Waals surface area contributed by atoms with E-state index in [1.807, 2.05) is 6.07 Å². The van der Waals surface area contributed by atoms with Gasteiger partial charge in [-0.15, -0.1) is 0 Å². The Morgan fingerprint density at radius 1 is 0.963 bits per heavy atom. The van der Waals surface area contributed by atoms with E-state index in [2.05, 4.69) is 70.1 Å². The van der Waals surface area contributed by atoms with Crippen molar-refractivity contribution < 1.29 is 4.79 Å². The fourth-order valence-electron chi connectivity index (χ4n) is 3.84. The first-order valence-electron chi connectivity index (χ1n) is 9.75. The van der Waals surface area contributed by atoms with E-state index in [4.69, 9.17) is 5.73 Å². The van der Waals surface area contributed by atoms with Crippen LogP contribution < -0.4 is 16.4 Å². The number of rotatable bonds is 7. The fourth-order valence-corrected chi connectivity index (χ4v) is 3.84. The molecule has 0 radical (unpaired) electrons. The van der Waals surface area contributed by atoms with Gasteiger partial charge in [0.25, 0.3) is 0 Å². The minimum Gasteiger partial charge on any atom is -0.337 e. The lowest BCUT2D eigenvalue weighted by Crippen LogP contribution is -2.50. The molecule has 0 spiro atoms. The molecule has 0 aliphatic carbocycles. The number of nitrogens with two attached hydrogens (primary N) is 1. The van der Waals surface area contributed by atoms with E-state index >= 15 is 0 Å². The average Bonchev–Trinajstić information content (AvgIpc) is 2.73. The summed E-state index contributed by atoms with van der Waals surface area (Å²) in [6, 6.07) is 21.1. The first-order chi connectivity index (χ1) is 13.2. The maximum Gasteiger partial charge on any atom is 0.314 e. The molecule has 1 heterocycles. The molecule has 0 saturated carbocycles. The number of urea groups is 1. The van der Waals surface area contributed by atoms with Gasteiger partial charge < -0.3 is 16.4 Å². The molecular weight excluding hydrogens is 336 g/mol. The van der Waals surface area contributed by atoms with E-state index in [9.17, 15) is 4.79 Å². The third-order valence-electron chi connectivity index (χ3n) is 5.47. The molecule has 3 rings (SSSR count). The van der Waals surface area contributed by atoms with Crippen molar-refractivity contribution in [1.29, 1.82) is 0 Å². The lowest BCUT2D eigenvalue weighted by atomic mass is 9.72. The molecule has 5 nitrogen and oxygen atoms in total. The zero-order valence-corrected chi connectivity index (χ0v) is 15.9. The highest BCUT2D eigenvalue weighted by Gasteiger charge is 2.36. The molecule has 1 aliphatic heterocycles.